The molecule has 7 nitrogen and oxygen atoms in total. The molecule has 3 heterocycles. The SMILES string of the molecule is Cc1cnc(C2CN(C(=O)c3ccc4nc(C)[nH]c4c3)CCO2)[nH]1. The van der Waals surface area contributed by atoms with Gasteiger partial charge < -0.3 is 19.6 Å². The number of morpholine rings is 1. The fraction of sp³-hybridized carbons (Fsp3) is 0.353. The number of carbonyl (C=O) groups excluding carboxylic acids is 1. The number of fused-ring (bicyclic) bond motifs is 1. The quantitative estimate of drug-likeness (QED) is 0.755. The van der Waals surface area contributed by atoms with Crippen LogP contribution in [0.2, 0.25) is 0 Å². The van der Waals surface area contributed by atoms with E-state index in [-0.39, 0.29) is 12.0 Å². The van der Waals surface area contributed by atoms with E-state index < -0.39 is 0 Å². The molecule has 3 aromatic rings. The van der Waals surface area contributed by atoms with Crippen molar-refractivity contribution in [2.45, 2.75) is 20.0 Å². The summed E-state index contributed by atoms with van der Waals surface area (Å²) in [7, 11) is 0. The molecular weight excluding hydrogens is 306 g/mol. The predicted molar refractivity (Wildman–Crippen MR) is 88.8 cm³/mol. The molecule has 24 heavy (non-hydrogen) atoms. The van der Waals surface area contributed by atoms with Gasteiger partial charge in [-0.15, -0.1) is 0 Å². The Balaban J connectivity index is 1.56. The number of imidazole rings is 2. The van der Waals surface area contributed by atoms with Gasteiger partial charge in [0.2, 0.25) is 0 Å². The van der Waals surface area contributed by atoms with Crippen LogP contribution in [0.1, 0.15) is 33.8 Å². The molecule has 1 saturated heterocycles. The van der Waals surface area contributed by atoms with Crippen molar-refractivity contribution in [1.82, 2.24) is 24.8 Å². The van der Waals surface area contributed by atoms with E-state index in [0.29, 0.717) is 25.3 Å². The summed E-state index contributed by atoms with van der Waals surface area (Å²) in [5.74, 6) is 1.61. The van der Waals surface area contributed by atoms with E-state index in [0.717, 1.165) is 28.4 Å². The average molecular weight is 325 g/mol. The summed E-state index contributed by atoms with van der Waals surface area (Å²) in [6.45, 7) is 5.42. The Bertz CT molecular complexity index is 897. The second-order valence-corrected chi connectivity index (χ2v) is 6.12. The maximum atomic E-state index is 12.8. The lowest BCUT2D eigenvalue weighted by atomic mass is 10.1. The molecule has 0 radical (unpaired) electrons. The zero-order chi connectivity index (χ0) is 16.7. The predicted octanol–water partition coefficient (Wildman–Crippen LogP) is 2.12. The van der Waals surface area contributed by atoms with Gasteiger partial charge in [-0.1, -0.05) is 0 Å². The lowest BCUT2D eigenvalue weighted by Crippen LogP contribution is -2.42. The summed E-state index contributed by atoms with van der Waals surface area (Å²) in [6.07, 6.45) is 1.56. The van der Waals surface area contributed by atoms with Crippen LogP contribution in [0, 0.1) is 13.8 Å². The van der Waals surface area contributed by atoms with Crippen molar-refractivity contribution in [1.29, 1.82) is 0 Å². The van der Waals surface area contributed by atoms with Gasteiger partial charge in [-0.2, -0.15) is 0 Å². The van der Waals surface area contributed by atoms with E-state index in [4.69, 9.17) is 4.74 Å². The van der Waals surface area contributed by atoms with Crippen LogP contribution in [0.15, 0.2) is 24.4 Å². The van der Waals surface area contributed by atoms with Crippen LogP contribution < -0.4 is 0 Å². The van der Waals surface area contributed by atoms with Gasteiger partial charge in [-0.3, -0.25) is 4.79 Å². The third kappa shape index (κ3) is 2.67. The minimum absolute atomic E-state index is 0.000677. The van der Waals surface area contributed by atoms with E-state index >= 15 is 0 Å². The van der Waals surface area contributed by atoms with Crippen LogP contribution >= 0.6 is 0 Å². The highest BCUT2D eigenvalue weighted by atomic mass is 16.5. The molecule has 4 rings (SSSR count). The molecule has 2 aromatic heterocycles. The number of aromatic nitrogens is 4. The molecule has 1 unspecified atom stereocenters. The molecule has 1 amide bonds. The third-order valence-electron chi connectivity index (χ3n) is 4.23. The van der Waals surface area contributed by atoms with Crippen LogP contribution in [0.5, 0.6) is 0 Å². The zero-order valence-corrected chi connectivity index (χ0v) is 13.7. The highest BCUT2D eigenvalue weighted by molar-refractivity contribution is 5.97. The number of carbonyl (C=O) groups is 1. The first-order valence-electron chi connectivity index (χ1n) is 7.99. The second-order valence-electron chi connectivity index (χ2n) is 6.12. The minimum Gasteiger partial charge on any atom is -0.367 e. The number of nitrogens with zero attached hydrogens (tertiary/aromatic N) is 3. The molecule has 0 aliphatic carbocycles. The van der Waals surface area contributed by atoms with Crippen LogP contribution in [-0.2, 0) is 4.74 Å². The normalized spacial score (nSPS) is 18.2. The molecule has 7 heteroatoms. The number of aromatic amines is 2. The molecular formula is C17H19N5O2. The fourth-order valence-corrected chi connectivity index (χ4v) is 3.05. The Morgan fingerprint density at radius 2 is 2.21 bits per heavy atom. The molecule has 0 spiro atoms. The Kier molecular flexibility index (Phi) is 3.57. The zero-order valence-electron chi connectivity index (χ0n) is 13.7. The topological polar surface area (TPSA) is 86.9 Å². The van der Waals surface area contributed by atoms with E-state index in [1.807, 2.05) is 36.9 Å². The van der Waals surface area contributed by atoms with Crippen LogP contribution in [0.25, 0.3) is 11.0 Å². The highest BCUT2D eigenvalue weighted by Gasteiger charge is 2.28. The Morgan fingerprint density at radius 1 is 1.33 bits per heavy atom. The van der Waals surface area contributed by atoms with Gasteiger partial charge in [-0.05, 0) is 32.0 Å². The van der Waals surface area contributed by atoms with E-state index in [1.165, 1.54) is 0 Å². The first-order valence-corrected chi connectivity index (χ1v) is 7.99. The Morgan fingerprint density at radius 3 is 3.00 bits per heavy atom. The standard InChI is InChI=1S/C17H19N5O2/c1-10-8-18-16(19-10)15-9-22(5-6-24-15)17(23)12-3-4-13-14(7-12)21-11(2)20-13/h3-4,7-8,15H,5-6,9H2,1-2H3,(H,18,19)(H,20,21). The van der Waals surface area contributed by atoms with Crippen LogP contribution in [-0.4, -0.2) is 50.4 Å². The summed E-state index contributed by atoms with van der Waals surface area (Å²) in [4.78, 5) is 29.7. The number of hydrogen-bond acceptors (Lipinski definition) is 4. The van der Waals surface area contributed by atoms with Crippen molar-refractivity contribution in [2.75, 3.05) is 19.7 Å². The van der Waals surface area contributed by atoms with Gasteiger partial charge in [0.1, 0.15) is 17.8 Å². The highest BCUT2D eigenvalue weighted by Crippen LogP contribution is 2.22. The molecule has 0 saturated carbocycles. The fourth-order valence-electron chi connectivity index (χ4n) is 3.05. The average Bonchev–Trinajstić information content (AvgIpc) is 3.18. The summed E-state index contributed by atoms with van der Waals surface area (Å²) in [5.41, 5.74) is 3.39. The maximum absolute atomic E-state index is 12.8. The van der Waals surface area contributed by atoms with Gasteiger partial charge >= 0.3 is 0 Å². The number of H-pyrrole nitrogens is 2. The number of amides is 1. The van der Waals surface area contributed by atoms with Crippen molar-refractivity contribution in [3.05, 3.63) is 47.3 Å². The second kappa shape index (κ2) is 5.76. The number of benzene rings is 1. The molecule has 0 bridgehead atoms. The number of rotatable bonds is 2. The summed E-state index contributed by atoms with van der Waals surface area (Å²) in [5, 5.41) is 0. The largest absolute Gasteiger partial charge is 0.367 e. The summed E-state index contributed by atoms with van der Waals surface area (Å²) in [6, 6.07) is 5.56. The maximum Gasteiger partial charge on any atom is 0.254 e. The monoisotopic (exact) mass is 325 g/mol. The van der Waals surface area contributed by atoms with Gasteiger partial charge in [0, 0.05) is 24.0 Å². The molecule has 1 atom stereocenters. The van der Waals surface area contributed by atoms with Crippen LogP contribution in [0.4, 0.5) is 0 Å². The molecule has 1 aromatic carbocycles. The van der Waals surface area contributed by atoms with E-state index in [2.05, 4.69) is 19.9 Å². The van der Waals surface area contributed by atoms with Gasteiger partial charge in [0.05, 0.1) is 24.2 Å². The van der Waals surface area contributed by atoms with Crippen molar-refractivity contribution in [2.24, 2.45) is 0 Å². The smallest absolute Gasteiger partial charge is 0.254 e. The van der Waals surface area contributed by atoms with Crippen molar-refractivity contribution >= 4 is 16.9 Å². The van der Waals surface area contributed by atoms with Crippen LogP contribution in [0.3, 0.4) is 0 Å². The van der Waals surface area contributed by atoms with E-state index in [1.54, 1.807) is 6.20 Å². The van der Waals surface area contributed by atoms with Crippen molar-refractivity contribution in [3.63, 3.8) is 0 Å². The Hall–Kier alpha value is -2.67. The van der Waals surface area contributed by atoms with Gasteiger partial charge in [0.15, 0.2) is 0 Å². The minimum atomic E-state index is -0.213. The van der Waals surface area contributed by atoms with Crippen molar-refractivity contribution < 1.29 is 9.53 Å². The lowest BCUT2D eigenvalue weighted by Gasteiger charge is -2.32. The van der Waals surface area contributed by atoms with Crippen molar-refractivity contribution in [3.8, 4) is 0 Å². The molecule has 2 N–H and O–H groups in total. The summed E-state index contributed by atoms with van der Waals surface area (Å²) < 4.78 is 5.76. The third-order valence-corrected chi connectivity index (χ3v) is 4.23. The number of aryl methyl sites for hydroxylation is 2. The molecule has 1 aliphatic rings. The van der Waals surface area contributed by atoms with Gasteiger partial charge in [-0.25, -0.2) is 9.97 Å². The lowest BCUT2D eigenvalue weighted by molar-refractivity contribution is -0.0264. The number of ether oxygens (including phenoxy) is 1. The van der Waals surface area contributed by atoms with E-state index in [9.17, 15) is 4.79 Å². The summed E-state index contributed by atoms with van der Waals surface area (Å²) >= 11 is 0. The molecule has 124 valence electrons. The number of nitrogens with one attached hydrogen (secondary N) is 2. The first-order chi connectivity index (χ1) is 11.6. The first kappa shape index (κ1) is 14.9. The number of hydrogen-bond donors (Lipinski definition) is 2. The Labute approximate surface area is 139 Å². The van der Waals surface area contributed by atoms with Gasteiger partial charge in [0.25, 0.3) is 5.91 Å². The molecule has 1 fully saturated rings. The molecule has 1 aliphatic heterocycles.